The predicted octanol–water partition coefficient (Wildman–Crippen LogP) is 1.71. The quantitative estimate of drug-likeness (QED) is 0.768. The Labute approximate surface area is 155 Å². The summed E-state index contributed by atoms with van der Waals surface area (Å²) in [5.41, 5.74) is 0.899. The third-order valence-electron chi connectivity index (χ3n) is 3.87. The number of amides is 1. The summed E-state index contributed by atoms with van der Waals surface area (Å²) in [5.74, 6) is 1.02. The van der Waals surface area contributed by atoms with E-state index in [1.54, 1.807) is 0 Å². The molecule has 134 valence electrons. The van der Waals surface area contributed by atoms with Gasteiger partial charge in [0.25, 0.3) is 0 Å². The minimum absolute atomic E-state index is 0.0687. The summed E-state index contributed by atoms with van der Waals surface area (Å²) >= 11 is 7.45. The van der Waals surface area contributed by atoms with Crippen LogP contribution >= 0.6 is 23.4 Å². The van der Waals surface area contributed by atoms with E-state index in [-0.39, 0.29) is 11.7 Å². The van der Waals surface area contributed by atoms with E-state index in [0.29, 0.717) is 24.8 Å². The highest BCUT2D eigenvalue weighted by Crippen LogP contribution is 2.21. The van der Waals surface area contributed by atoms with E-state index >= 15 is 0 Å². The third kappa shape index (κ3) is 4.65. The van der Waals surface area contributed by atoms with Crippen molar-refractivity contribution < 1.29 is 9.53 Å². The van der Waals surface area contributed by atoms with Crippen LogP contribution in [0.4, 0.5) is 5.95 Å². The summed E-state index contributed by atoms with van der Waals surface area (Å²) in [4.78, 5) is 14.2. The van der Waals surface area contributed by atoms with Gasteiger partial charge in [-0.3, -0.25) is 9.36 Å². The van der Waals surface area contributed by atoms with E-state index in [9.17, 15) is 4.79 Å². The number of carbonyl (C=O) groups excluding carboxylic acids is 1. The van der Waals surface area contributed by atoms with Crippen molar-refractivity contribution in [1.82, 2.24) is 20.1 Å². The Morgan fingerprint density at radius 2 is 2.08 bits per heavy atom. The van der Waals surface area contributed by atoms with Crippen LogP contribution in [0, 0.1) is 0 Å². The molecule has 0 radical (unpaired) electrons. The van der Waals surface area contributed by atoms with E-state index in [4.69, 9.17) is 16.3 Å². The number of rotatable bonds is 6. The van der Waals surface area contributed by atoms with Crippen molar-refractivity contribution in [3.63, 3.8) is 0 Å². The van der Waals surface area contributed by atoms with E-state index in [2.05, 4.69) is 20.4 Å². The van der Waals surface area contributed by atoms with Crippen LogP contribution in [0.25, 0.3) is 0 Å². The molecular weight excluding hydrogens is 362 g/mol. The van der Waals surface area contributed by atoms with E-state index in [1.807, 2.05) is 35.9 Å². The van der Waals surface area contributed by atoms with Gasteiger partial charge in [-0.05, 0) is 11.6 Å². The molecule has 25 heavy (non-hydrogen) atoms. The van der Waals surface area contributed by atoms with Crippen molar-refractivity contribution in [3.8, 4) is 0 Å². The Bertz CT molecular complexity index is 733. The van der Waals surface area contributed by atoms with Gasteiger partial charge in [0.2, 0.25) is 11.9 Å². The average Bonchev–Trinajstić information content (AvgIpc) is 3.00. The lowest BCUT2D eigenvalue weighted by molar-refractivity contribution is -0.118. The number of nitrogens with zero attached hydrogens (tertiary/aromatic N) is 4. The number of aromatic nitrogens is 3. The molecule has 3 rings (SSSR count). The molecule has 0 aliphatic carbocycles. The molecule has 1 aliphatic heterocycles. The van der Waals surface area contributed by atoms with Crippen LogP contribution < -0.4 is 10.2 Å². The zero-order chi connectivity index (χ0) is 17.6. The maximum atomic E-state index is 12.1. The molecule has 2 aromatic rings. The maximum Gasteiger partial charge on any atom is 0.230 e. The van der Waals surface area contributed by atoms with Crippen molar-refractivity contribution >= 4 is 35.2 Å². The molecule has 1 amide bonds. The number of anilines is 1. The highest BCUT2D eigenvalue weighted by atomic mass is 35.5. The third-order valence-corrected chi connectivity index (χ3v) is 5.26. The lowest BCUT2D eigenvalue weighted by atomic mass is 10.2. The van der Waals surface area contributed by atoms with Crippen LogP contribution in [0.1, 0.15) is 5.56 Å². The molecule has 0 spiro atoms. The van der Waals surface area contributed by atoms with Gasteiger partial charge in [-0.1, -0.05) is 41.6 Å². The van der Waals surface area contributed by atoms with Crippen molar-refractivity contribution in [3.05, 3.63) is 34.9 Å². The molecule has 1 aliphatic rings. The van der Waals surface area contributed by atoms with Crippen LogP contribution in [0.5, 0.6) is 0 Å². The normalized spacial score (nSPS) is 14.6. The topological polar surface area (TPSA) is 72.3 Å². The van der Waals surface area contributed by atoms with Crippen LogP contribution in [0.3, 0.4) is 0 Å². The lowest BCUT2D eigenvalue weighted by Gasteiger charge is -2.27. The minimum Gasteiger partial charge on any atom is -0.378 e. The fraction of sp³-hybridized carbons (Fsp3) is 0.438. The van der Waals surface area contributed by atoms with Gasteiger partial charge in [-0.15, -0.1) is 10.2 Å². The van der Waals surface area contributed by atoms with Gasteiger partial charge < -0.3 is 15.0 Å². The average molecular weight is 382 g/mol. The van der Waals surface area contributed by atoms with E-state index < -0.39 is 0 Å². The summed E-state index contributed by atoms with van der Waals surface area (Å²) in [6, 6.07) is 7.47. The smallest absolute Gasteiger partial charge is 0.230 e. The van der Waals surface area contributed by atoms with Crippen molar-refractivity contribution in [2.75, 3.05) is 37.0 Å². The number of morpholine rings is 1. The molecular formula is C16H20ClN5O2S. The largest absolute Gasteiger partial charge is 0.378 e. The molecule has 2 heterocycles. The number of carbonyl (C=O) groups is 1. The second kappa shape index (κ2) is 8.55. The van der Waals surface area contributed by atoms with Gasteiger partial charge in [-0.25, -0.2) is 0 Å². The molecule has 1 aromatic carbocycles. The van der Waals surface area contributed by atoms with Crippen molar-refractivity contribution in [2.45, 2.75) is 11.7 Å². The minimum atomic E-state index is -0.0687. The molecule has 9 heteroatoms. The fourth-order valence-electron chi connectivity index (χ4n) is 2.49. The van der Waals surface area contributed by atoms with Gasteiger partial charge >= 0.3 is 0 Å². The predicted molar refractivity (Wildman–Crippen MR) is 98.1 cm³/mol. The van der Waals surface area contributed by atoms with E-state index in [1.165, 1.54) is 11.8 Å². The van der Waals surface area contributed by atoms with Crippen LogP contribution in [0.15, 0.2) is 29.4 Å². The van der Waals surface area contributed by atoms with Crippen LogP contribution in [-0.2, 0) is 23.1 Å². The van der Waals surface area contributed by atoms with E-state index in [0.717, 1.165) is 29.8 Å². The summed E-state index contributed by atoms with van der Waals surface area (Å²) in [5, 5.41) is 12.7. The lowest BCUT2D eigenvalue weighted by Crippen LogP contribution is -2.37. The number of nitrogens with one attached hydrogen (secondary N) is 1. The maximum absolute atomic E-state index is 12.1. The molecule has 1 fully saturated rings. The molecule has 0 atom stereocenters. The molecule has 0 saturated carbocycles. The van der Waals surface area contributed by atoms with Gasteiger partial charge in [0.15, 0.2) is 5.16 Å². The number of halogens is 1. The summed E-state index contributed by atoms with van der Waals surface area (Å²) in [6.07, 6.45) is 0. The van der Waals surface area contributed by atoms with Gasteiger partial charge in [0.05, 0.1) is 19.0 Å². The first-order valence-electron chi connectivity index (χ1n) is 8.00. The molecule has 1 saturated heterocycles. The zero-order valence-corrected chi connectivity index (χ0v) is 15.5. The summed E-state index contributed by atoms with van der Waals surface area (Å²) in [6.45, 7) is 3.40. The van der Waals surface area contributed by atoms with Crippen LogP contribution in [0.2, 0.25) is 5.02 Å². The highest BCUT2D eigenvalue weighted by molar-refractivity contribution is 7.99. The van der Waals surface area contributed by atoms with Crippen molar-refractivity contribution in [1.29, 1.82) is 0 Å². The first-order valence-corrected chi connectivity index (χ1v) is 9.36. The second-order valence-corrected chi connectivity index (χ2v) is 6.95. The number of ether oxygens (including phenoxy) is 1. The molecule has 1 N–H and O–H groups in total. The summed E-state index contributed by atoms with van der Waals surface area (Å²) < 4.78 is 7.27. The first-order chi connectivity index (χ1) is 12.1. The molecule has 1 aromatic heterocycles. The molecule has 7 nitrogen and oxygen atoms in total. The van der Waals surface area contributed by atoms with Crippen LogP contribution in [-0.4, -0.2) is 52.7 Å². The van der Waals surface area contributed by atoms with Gasteiger partial charge in [-0.2, -0.15) is 0 Å². The Hall–Kier alpha value is -1.77. The van der Waals surface area contributed by atoms with Gasteiger partial charge in [0, 0.05) is 31.7 Å². The molecule has 0 bridgehead atoms. The summed E-state index contributed by atoms with van der Waals surface area (Å²) in [7, 11) is 1.91. The standard InChI is InChI=1S/C16H20ClN5O2S/c1-21-15(22-6-8-24-9-7-22)19-20-16(21)25-11-14(23)18-10-12-4-2-3-5-13(12)17/h2-5H,6-11H2,1H3,(H,18,23). The molecule has 0 unspecified atom stereocenters. The van der Waals surface area contributed by atoms with Crippen molar-refractivity contribution in [2.24, 2.45) is 7.05 Å². The Morgan fingerprint density at radius 3 is 2.84 bits per heavy atom. The first kappa shape index (κ1) is 18.0. The SMILES string of the molecule is Cn1c(SCC(=O)NCc2ccccc2Cl)nnc1N1CCOCC1. The monoisotopic (exact) mass is 381 g/mol. The Morgan fingerprint density at radius 1 is 1.32 bits per heavy atom. The number of thioether (sulfide) groups is 1. The number of benzene rings is 1. The van der Waals surface area contributed by atoms with Gasteiger partial charge in [0.1, 0.15) is 0 Å². The fourth-order valence-corrected chi connectivity index (χ4v) is 3.43. The Balaban J connectivity index is 1.50. The zero-order valence-electron chi connectivity index (χ0n) is 13.9. The highest BCUT2D eigenvalue weighted by Gasteiger charge is 2.19. The second-order valence-electron chi connectivity index (χ2n) is 5.60. The Kier molecular flexibility index (Phi) is 6.17. The number of hydrogen-bond donors (Lipinski definition) is 1. The number of hydrogen-bond acceptors (Lipinski definition) is 6.